The van der Waals surface area contributed by atoms with Crippen LogP contribution in [0.2, 0.25) is 0 Å². The summed E-state index contributed by atoms with van der Waals surface area (Å²) in [5.74, 6) is -0.166. The van der Waals surface area contributed by atoms with E-state index < -0.39 is 5.92 Å². The maximum Gasteiger partial charge on any atom is 0.242 e. The monoisotopic (exact) mass is 442 g/mol. The number of amidine groups is 1. The Kier molecular flexibility index (Phi) is 8.13. The molecule has 1 amide bonds. The summed E-state index contributed by atoms with van der Waals surface area (Å²) in [6.45, 7) is 2.41. The van der Waals surface area contributed by atoms with E-state index in [2.05, 4.69) is 35.6 Å². The number of halogens is 2. The van der Waals surface area contributed by atoms with E-state index in [9.17, 15) is 13.6 Å². The molecule has 2 N–H and O–H groups in total. The van der Waals surface area contributed by atoms with Crippen molar-refractivity contribution >= 4 is 23.1 Å². The van der Waals surface area contributed by atoms with E-state index in [1.165, 1.54) is 17.1 Å². The molecule has 4 rings (SSSR count). The van der Waals surface area contributed by atoms with Gasteiger partial charge >= 0.3 is 0 Å². The zero-order valence-electron chi connectivity index (χ0n) is 19.2. The lowest BCUT2D eigenvalue weighted by Gasteiger charge is -2.30. The topological polar surface area (TPSA) is 49.3 Å². The van der Waals surface area contributed by atoms with Gasteiger partial charge in [0.05, 0.1) is 0 Å². The normalized spacial score (nSPS) is 20.0. The first-order valence-corrected chi connectivity index (χ1v) is 11.4. The molecule has 0 spiro atoms. The van der Waals surface area contributed by atoms with Crippen molar-refractivity contribution in [2.45, 2.75) is 58.4 Å². The summed E-state index contributed by atoms with van der Waals surface area (Å²) >= 11 is 0. The van der Waals surface area contributed by atoms with Crippen LogP contribution in [0.5, 0.6) is 0 Å². The molecule has 1 aliphatic carbocycles. The quantitative estimate of drug-likeness (QED) is 0.616. The average Bonchev–Trinajstić information content (AvgIpc) is 3.15. The molecule has 2 aromatic carbocycles. The van der Waals surface area contributed by atoms with Gasteiger partial charge in [-0.1, -0.05) is 42.5 Å². The number of hydrogen-bond acceptors (Lipinski definition) is 2. The number of carbonyl (C=O) groups excluding carboxylic acids is 1. The van der Waals surface area contributed by atoms with Crippen LogP contribution in [0.4, 0.5) is 20.2 Å². The van der Waals surface area contributed by atoms with E-state index in [1.54, 1.807) is 0 Å². The molecule has 1 fully saturated rings. The number of rotatable bonds is 5. The summed E-state index contributed by atoms with van der Waals surface area (Å²) in [7, 11) is 1.93. The predicted octanol–water partition coefficient (Wildman–Crippen LogP) is 5.44. The first-order valence-electron chi connectivity index (χ1n) is 11.4. The molecule has 0 radical (unpaired) electrons. The highest BCUT2D eigenvalue weighted by molar-refractivity contribution is 5.85. The number of alkyl halides is 2. The van der Waals surface area contributed by atoms with E-state index >= 15 is 0 Å². The average molecular weight is 443 g/mol. The van der Waals surface area contributed by atoms with Gasteiger partial charge in [0.2, 0.25) is 17.7 Å². The number of benzene rings is 2. The number of quaternary nitrogens is 1. The van der Waals surface area contributed by atoms with Crippen molar-refractivity contribution in [2.24, 2.45) is 16.8 Å². The molecular weight excluding hydrogens is 408 g/mol. The molecule has 0 aromatic heterocycles. The molecule has 2 aromatic rings. The van der Waals surface area contributed by atoms with Crippen molar-refractivity contribution < 1.29 is 18.9 Å². The van der Waals surface area contributed by atoms with Gasteiger partial charge in [-0.2, -0.15) is 4.99 Å². The molecule has 0 unspecified atom stereocenters. The summed E-state index contributed by atoms with van der Waals surface area (Å²) in [4.78, 5) is 19.5. The third-order valence-corrected chi connectivity index (χ3v) is 5.86. The number of aliphatic imine (C=N–C) groups is 1. The SMILES string of the molecule is CC(C)(F)F.CN(Cc1ccccc1)C(=O)C1CCC(CC2=Nc3ccccc3[NH2+]2)CC1. The Hall–Kier alpha value is -2.60. The highest BCUT2D eigenvalue weighted by Gasteiger charge is 2.30. The van der Waals surface area contributed by atoms with Crippen LogP contribution in [0.25, 0.3) is 0 Å². The molecule has 0 atom stereocenters. The Bertz CT molecular complexity index is 910. The minimum atomic E-state index is -2.50. The number of nitrogens with two attached hydrogens (primary N) is 1. The molecule has 0 bridgehead atoms. The van der Waals surface area contributed by atoms with Gasteiger partial charge in [-0.3, -0.25) is 10.1 Å². The fraction of sp³-hybridized carbons (Fsp3) is 0.462. The molecule has 4 nitrogen and oxygen atoms in total. The van der Waals surface area contributed by atoms with E-state index in [1.807, 2.05) is 36.2 Å². The summed E-state index contributed by atoms with van der Waals surface area (Å²) < 4.78 is 22.0. The lowest BCUT2D eigenvalue weighted by Crippen LogP contribution is -2.80. The highest BCUT2D eigenvalue weighted by atomic mass is 19.3. The zero-order valence-corrected chi connectivity index (χ0v) is 19.2. The van der Waals surface area contributed by atoms with Crippen LogP contribution >= 0.6 is 0 Å². The van der Waals surface area contributed by atoms with Gasteiger partial charge in [0.25, 0.3) is 0 Å². The Labute approximate surface area is 189 Å². The second kappa shape index (κ2) is 10.8. The smallest absolute Gasteiger partial charge is 0.242 e. The van der Waals surface area contributed by atoms with Crippen molar-refractivity contribution in [1.29, 1.82) is 0 Å². The first-order chi connectivity index (χ1) is 15.2. The number of fused-ring (bicyclic) bond motifs is 1. The van der Waals surface area contributed by atoms with Gasteiger partial charge in [0, 0.05) is 32.0 Å². The van der Waals surface area contributed by atoms with Gasteiger partial charge in [-0.05, 0) is 57.1 Å². The van der Waals surface area contributed by atoms with Gasteiger partial charge in [0.1, 0.15) is 5.69 Å². The lowest BCUT2D eigenvalue weighted by molar-refractivity contribution is -0.441. The Morgan fingerprint density at radius 1 is 1.03 bits per heavy atom. The predicted molar refractivity (Wildman–Crippen MR) is 124 cm³/mol. The van der Waals surface area contributed by atoms with E-state index in [0.717, 1.165) is 51.6 Å². The maximum atomic E-state index is 12.8. The van der Waals surface area contributed by atoms with Crippen molar-refractivity contribution in [1.82, 2.24) is 4.90 Å². The third-order valence-electron chi connectivity index (χ3n) is 5.86. The van der Waals surface area contributed by atoms with Crippen LogP contribution in [-0.4, -0.2) is 29.6 Å². The highest BCUT2D eigenvalue weighted by Crippen LogP contribution is 2.33. The van der Waals surface area contributed by atoms with Crippen LogP contribution < -0.4 is 5.32 Å². The molecule has 172 valence electrons. The first kappa shape index (κ1) is 24.1. The van der Waals surface area contributed by atoms with Crippen LogP contribution in [-0.2, 0) is 11.3 Å². The molecule has 32 heavy (non-hydrogen) atoms. The van der Waals surface area contributed by atoms with Gasteiger partial charge in [0.15, 0.2) is 5.69 Å². The zero-order chi connectivity index (χ0) is 23.1. The number of hydrogen-bond donors (Lipinski definition) is 1. The summed E-state index contributed by atoms with van der Waals surface area (Å²) in [6, 6.07) is 18.5. The lowest BCUT2D eigenvalue weighted by atomic mass is 9.79. The van der Waals surface area contributed by atoms with Crippen molar-refractivity contribution in [3.8, 4) is 0 Å². The fourth-order valence-electron chi connectivity index (χ4n) is 4.34. The summed E-state index contributed by atoms with van der Waals surface area (Å²) in [6.07, 6.45) is 5.29. The van der Waals surface area contributed by atoms with E-state index in [-0.39, 0.29) is 5.92 Å². The van der Waals surface area contributed by atoms with Gasteiger partial charge in [-0.25, -0.2) is 8.78 Å². The molecule has 0 saturated heterocycles. The third kappa shape index (κ3) is 7.52. The molecular formula is C26H34F2N3O+. The minimum absolute atomic E-state index is 0.182. The van der Waals surface area contributed by atoms with E-state index in [4.69, 9.17) is 4.99 Å². The van der Waals surface area contributed by atoms with Crippen LogP contribution in [0.1, 0.15) is 51.5 Å². The van der Waals surface area contributed by atoms with Crippen LogP contribution in [0.15, 0.2) is 59.6 Å². The fourth-order valence-corrected chi connectivity index (χ4v) is 4.34. The van der Waals surface area contributed by atoms with Crippen molar-refractivity contribution in [2.75, 3.05) is 7.05 Å². The van der Waals surface area contributed by atoms with Gasteiger partial charge in [-0.15, -0.1) is 0 Å². The largest absolute Gasteiger partial charge is 0.341 e. The number of carbonyl (C=O) groups is 1. The van der Waals surface area contributed by atoms with Crippen molar-refractivity contribution in [3.05, 3.63) is 60.2 Å². The standard InChI is InChI=1S/C23H27N3O.C3H6F2/c1-26(16-18-7-3-2-4-8-18)23(27)19-13-11-17(12-14-19)15-22-24-20-9-5-6-10-21(20)25-22;1-3(2,4)5/h2-10,17,19H,11-16H2,1H3,(H,24,25);1-2H3/p+1. The Balaban J connectivity index is 0.000000523. The summed E-state index contributed by atoms with van der Waals surface area (Å²) in [5, 5.41) is 2.22. The summed E-state index contributed by atoms with van der Waals surface area (Å²) in [5.41, 5.74) is 3.52. The molecule has 6 heteroatoms. The van der Waals surface area contributed by atoms with Crippen LogP contribution in [0, 0.1) is 11.8 Å². The van der Waals surface area contributed by atoms with Crippen LogP contribution in [0.3, 0.4) is 0 Å². The minimum Gasteiger partial charge on any atom is -0.341 e. The van der Waals surface area contributed by atoms with E-state index in [0.29, 0.717) is 18.4 Å². The maximum absolute atomic E-state index is 12.8. The van der Waals surface area contributed by atoms with Crippen molar-refractivity contribution in [3.63, 3.8) is 0 Å². The van der Waals surface area contributed by atoms with Gasteiger partial charge < -0.3 is 4.90 Å². The Morgan fingerprint density at radius 3 is 2.25 bits per heavy atom. The molecule has 2 aliphatic rings. The second-order valence-electron chi connectivity index (χ2n) is 9.24. The molecule has 1 heterocycles. The Morgan fingerprint density at radius 2 is 1.62 bits per heavy atom. The number of para-hydroxylation sites is 2. The second-order valence-corrected chi connectivity index (χ2v) is 9.24. The number of amides is 1. The molecule has 1 aliphatic heterocycles. The molecule has 1 saturated carbocycles. The number of nitrogens with zero attached hydrogens (tertiary/aromatic N) is 2.